The van der Waals surface area contributed by atoms with Gasteiger partial charge in [0.2, 0.25) is 5.88 Å². The van der Waals surface area contributed by atoms with Crippen LogP contribution in [-0.4, -0.2) is 37.6 Å². The minimum atomic E-state index is 0.00146. The van der Waals surface area contributed by atoms with Gasteiger partial charge in [0.05, 0.1) is 12.6 Å². The molecular weight excluding hydrogens is 468 g/mol. The lowest BCUT2D eigenvalue weighted by molar-refractivity contribution is 0.394. The van der Waals surface area contributed by atoms with Crippen molar-refractivity contribution in [3.8, 4) is 5.88 Å². The Bertz CT molecular complexity index is 1190. The number of nitrogens with zero attached hydrogens (tertiary/aromatic N) is 2. The molecule has 2 heterocycles. The number of hydrogen-bond donors (Lipinski definition) is 0. The monoisotopic (exact) mass is 492 g/mol. The summed E-state index contributed by atoms with van der Waals surface area (Å²) in [6.45, 7) is 0.851. The summed E-state index contributed by atoms with van der Waals surface area (Å²) in [7, 11) is 5.89. The van der Waals surface area contributed by atoms with E-state index in [9.17, 15) is 0 Å². The third-order valence-electron chi connectivity index (χ3n) is 5.25. The number of halogens is 1. The van der Waals surface area contributed by atoms with Gasteiger partial charge < -0.3 is 9.64 Å². The van der Waals surface area contributed by atoms with E-state index in [-0.39, 0.29) is 5.92 Å². The molecule has 4 aromatic rings. The van der Waals surface area contributed by atoms with Crippen LogP contribution in [0, 0.1) is 0 Å². The Hall–Kier alpha value is -2.47. The van der Waals surface area contributed by atoms with Crippen LogP contribution in [0.1, 0.15) is 22.6 Å². The molecule has 0 aliphatic heterocycles. The van der Waals surface area contributed by atoms with Crippen LogP contribution in [0.5, 0.6) is 5.88 Å². The van der Waals surface area contributed by atoms with Gasteiger partial charge in [0.25, 0.3) is 0 Å². The molecule has 2 aromatic carbocycles. The highest BCUT2D eigenvalue weighted by Crippen LogP contribution is 2.42. The van der Waals surface area contributed by atoms with Crippen LogP contribution in [0.15, 0.2) is 82.0 Å². The third kappa shape index (κ3) is 4.90. The number of likely N-dealkylation sites (N-methyl/N-ethyl adjacent to an activating group) is 1. The van der Waals surface area contributed by atoms with E-state index in [0.29, 0.717) is 5.88 Å². The van der Waals surface area contributed by atoms with Gasteiger partial charge in [-0.3, -0.25) is 0 Å². The molecule has 3 nitrogen and oxygen atoms in total. The zero-order valence-electron chi connectivity index (χ0n) is 17.9. The molecule has 0 saturated heterocycles. The van der Waals surface area contributed by atoms with Gasteiger partial charge in [0, 0.05) is 27.9 Å². The Morgan fingerprint density at radius 2 is 1.94 bits per heavy atom. The van der Waals surface area contributed by atoms with Crippen LogP contribution in [0.25, 0.3) is 16.5 Å². The predicted molar refractivity (Wildman–Crippen MR) is 135 cm³/mol. The second-order valence-corrected chi connectivity index (χ2v) is 9.40. The van der Waals surface area contributed by atoms with Crippen molar-refractivity contribution in [1.82, 2.24) is 9.88 Å². The van der Waals surface area contributed by atoms with E-state index in [1.165, 1.54) is 16.7 Å². The second-order valence-electron chi connectivity index (χ2n) is 7.70. The fraction of sp³-hybridized carbons (Fsp3) is 0.192. The smallest absolute Gasteiger partial charge is 0.217 e. The molecule has 0 aliphatic carbocycles. The fourth-order valence-electron chi connectivity index (χ4n) is 3.80. The van der Waals surface area contributed by atoms with Crippen LogP contribution in [-0.2, 0) is 0 Å². The van der Waals surface area contributed by atoms with Gasteiger partial charge in [0.1, 0.15) is 0 Å². The topological polar surface area (TPSA) is 25.4 Å². The molecular formula is C26H25BrN2OS. The van der Waals surface area contributed by atoms with Gasteiger partial charge in [0.15, 0.2) is 0 Å². The number of methoxy groups -OCH3 is 1. The first kappa shape index (κ1) is 21.8. The fourth-order valence-corrected chi connectivity index (χ4v) is 4.84. The summed E-state index contributed by atoms with van der Waals surface area (Å²) in [5, 5.41) is 5.44. The largest absolute Gasteiger partial charge is 0.481 e. The number of hydrogen-bond acceptors (Lipinski definition) is 4. The summed E-state index contributed by atoms with van der Waals surface area (Å²) in [5.74, 6) is 0.663. The van der Waals surface area contributed by atoms with Gasteiger partial charge in [-0.05, 0) is 71.9 Å². The van der Waals surface area contributed by atoms with E-state index in [1.54, 1.807) is 18.4 Å². The summed E-state index contributed by atoms with van der Waals surface area (Å²) < 4.78 is 6.86. The molecule has 0 spiro atoms. The molecule has 4 rings (SSSR count). The summed E-state index contributed by atoms with van der Waals surface area (Å²) in [6.07, 6.45) is 2.32. The van der Waals surface area contributed by atoms with Crippen LogP contribution >= 0.6 is 27.3 Å². The van der Waals surface area contributed by atoms with Gasteiger partial charge in [-0.15, -0.1) is 0 Å². The van der Waals surface area contributed by atoms with Crippen molar-refractivity contribution in [1.29, 1.82) is 0 Å². The number of benzene rings is 2. The van der Waals surface area contributed by atoms with Gasteiger partial charge >= 0.3 is 0 Å². The molecule has 2 aromatic heterocycles. The maximum Gasteiger partial charge on any atom is 0.217 e. The molecule has 158 valence electrons. The Balaban J connectivity index is 1.98. The van der Waals surface area contributed by atoms with E-state index in [1.807, 2.05) is 12.1 Å². The molecule has 0 amide bonds. The number of ether oxygens (including phenoxy) is 1. The lowest BCUT2D eigenvalue weighted by Crippen LogP contribution is -2.13. The minimum Gasteiger partial charge on any atom is -0.481 e. The zero-order valence-corrected chi connectivity index (χ0v) is 20.3. The van der Waals surface area contributed by atoms with Crippen molar-refractivity contribution in [3.05, 3.63) is 98.7 Å². The molecule has 0 N–H and O–H groups in total. The minimum absolute atomic E-state index is 0.00146. The molecule has 0 aliphatic rings. The summed E-state index contributed by atoms with van der Waals surface area (Å²) in [4.78, 5) is 7.04. The third-order valence-corrected chi connectivity index (χ3v) is 6.43. The average Bonchev–Trinajstić information content (AvgIpc) is 3.31. The number of thiophene rings is 1. The van der Waals surface area contributed by atoms with E-state index in [2.05, 4.69) is 100 Å². The highest BCUT2D eigenvalue weighted by molar-refractivity contribution is 9.10. The van der Waals surface area contributed by atoms with E-state index in [4.69, 9.17) is 9.72 Å². The van der Waals surface area contributed by atoms with Crippen molar-refractivity contribution < 1.29 is 4.74 Å². The average molecular weight is 493 g/mol. The predicted octanol–water partition coefficient (Wildman–Crippen LogP) is 6.84. The van der Waals surface area contributed by atoms with Gasteiger partial charge in [-0.25, -0.2) is 4.98 Å². The Labute approximate surface area is 196 Å². The van der Waals surface area contributed by atoms with Crippen molar-refractivity contribution in [2.24, 2.45) is 0 Å². The van der Waals surface area contributed by atoms with Crippen molar-refractivity contribution >= 4 is 43.7 Å². The highest BCUT2D eigenvalue weighted by Gasteiger charge is 2.25. The highest BCUT2D eigenvalue weighted by atomic mass is 79.9. The number of fused-ring (bicyclic) bond motifs is 1. The molecule has 1 atom stereocenters. The summed E-state index contributed by atoms with van der Waals surface area (Å²) >= 11 is 5.32. The summed E-state index contributed by atoms with van der Waals surface area (Å²) in [6, 6.07) is 21.2. The Morgan fingerprint density at radius 1 is 1.13 bits per heavy atom. The van der Waals surface area contributed by atoms with Gasteiger partial charge in [-0.2, -0.15) is 11.3 Å². The van der Waals surface area contributed by atoms with Crippen LogP contribution < -0.4 is 4.74 Å². The van der Waals surface area contributed by atoms with E-state index >= 15 is 0 Å². The van der Waals surface area contributed by atoms with E-state index in [0.717, 1.165) is 27.5 Å². The molecule has 1 unspecified atom stereocenters. The maximum absolute atomic E-state index is 5.82. The van der Waals surface area contributed by atoms with Crippen LogP contribution in [0.2, 0.25) is 0 Å². The molecule has 0 radical (unpaired) electrons. The first-order valence-electron chi connectivity index (χ1n) is 10.1. The lowest BCUT2D eigenvalue weighted by atomic mass is 9.82. The standard InChI is InChI=1S/C26H25BrN2OS/c1-29(2)13-11-22(19-12-14-31-17-19)25(18-7-5-4-6-8-18)23-16-20-15-21(27)9-10-24(20)28-26(23)30-3/h4-12,14-17,25H,13H2,1-3H3. The Kier molecular flexibility index (Phi) is 6.86. The first-order valence-corrected chi connectivity index (χ1v) is 11.9. The molecule has 0 saturated carbocycles. The van der Waals surface area contributed by atoms with Crippen LogP contribution in [0.3, 0.4) is 0 Å². The number of rotatable bonds is 7. The number of pyridine rings is 1. The zero-order chi connectivity index (χ0) is 21.8. The quantitative estimate of drug-likeness (QED) is 0.282. The lowest BCUT2D eigenvalue weighted by Gasteiger charge is -2.24. The molecule has 5 heteroatoms. The number of aromatic nitrogens is 1. The second kappa shape index (κ2) is 9.77. The van der Waals surface area contributed by atoms with Crippen molar-refractivity contribution in [2.75, 3.05) is 27.7 Å². The normalized spacial score (nSPS) is 13.0. The summed E-state index contributed by atoms with van der Waals surface area (Å²) in [5.41, 5.74) is 5.70. The maximum atomic E-state index is 5.82. The van der Waals surface area contributed by atoms with Crippen molar-refractivity contribution in [2.45, 2.75) is 5.92 Å². The van der Waals surface area contributed by atoms with Gasteiger partial charge in [-0.1, -0.05) is 52.3 Å². The first-order chi connectivity index (χ1) is 15.1. The van der Waals surface area contributed by atoms with Crippen LogP contribution in [0.4, 0.5) is 0 Å². The SMILES string of the molecule is COc1nc2ccc(Br)cc2cc1C(C(=CCN(C)C)c1ccsc1)c1ccccc1. The van der Waals surface area contributed by atoms with E-state index < -0.39 is 0 Å². The Morgan fingerprint density at radius 3 is 2.61 bits per heavy atom. The molecule has 0 fully saturated rings. The molecule has 0 bridgehead atoms. The number of allylic oxidation sites excluding steroid dienone is 1. The van der Waals surface area contributed by atoms with Crippen molar-refractivity contribution in [3.63, 3.8) is 0 Å². The molecule has 31 heavy (non-hydrogen) atoms.